The number of aryl methyl sites for hydroxylation is 1. The predicted molar refractivity (Wildman–Crippen MR) is 78.2 cm³/mol. The van der Waals surface area contributed by atoms with Gasteiger partial charge in [-0.15, -0.1) is 11.3 Å². The van der Waals surface area contributed by atoms with E-state index >= 15 is 0 Å². The van der Waals surface area contributed by atoms with E-state index in [1.54, 1.807) is 0 Å². The van der Waals surface area contributed by atoms with Gasteiger partial charge in [0.05, 0.1) is 12.1 Å². The Morgan fingerprint density at radius 2 is 2.06 bits per heavy atom. The van der Waals surface area contributed by atoms with Gasteiger partial charge in [-0.2, -0.15) is 0 Å². The Morgan fingerprint density at radius 1 is 1.33 bits per heavy atom. The fraction of sp³-hybridized carbons (Fsp3) is 0.733. The minimum Gasteiger partial charge on any atom is -0.379 e. The van der Waals surface area contributed by atoms with Crippen LogP contribution in [0.15, 0.2) is 11.4 Å². The van der Waals surface area contributed by atoms with Crippen LogP contribution in [-0.2, 0) is 4.74 Å². The van der Waals surface area contributed by atoms with E-state index in [2.05, 4.69) is 30.7 Å². The molecule has 1 saturated carbocycles. The third-order valence-corrected chi connectivity index (χ3v) is 5.12. The van der Waals surface area contributed by atoms with Gasteiger partial charge in [-0.3, -0.25) is 0 Å². The summed E-state index contributed by atoms with van der Waals surface area (Å²) < 4.78 is 5.86. The maximum Gasteiger partial charge on any atom is 0.0794 e. The molecule has 0 aliphatic heterocycles. The lowest BCUT2D eigenvalue weighted by molar-refractivity contribution is 0.00938. The Kier molecular flexibility index (Phi) is 5.22. The first-order valence-corrected chi connectivity index (χ1v) is 7.90. The van der Waals surface area contributed by atoms with E-state index in [0.29, 0.717) is 18.1 Å². The van der Waals surface area contributed by atoms with Gasteiger partial charge in [0, 0.05) is 12.0 Å². The van der Waals surface area contributed by atoms with Crippen molar-refractivity contribution in [3.8, 4) is 0 Å². The largest absolute Gasteiger partial charge is 0.379 e. The molecule has 0 bridgehead atoms. The summed E-state index contributed by atoms with van der Waals surface area (Å²) in [7, 11) is 3.92. The molecule has 0 aromatic carbocycles. The van der Waals surface area contributed by atoms with Crippen molar-refractivity contribution in [2.24, 2.45) is 5.92 Å². The van der Waals surface area contributed by atoms with Crippen LogP contribution in [0.1, 0.15) is 48.6 Å². The highest BCUT2D eigenvalue weighted by Crippen LogP contribution is 2.35. The fourth-order valence-corrected chi connectivity index (χ4v) is 4.03. The standard InChI is InChI=1S/C15H25NOS/c1-11-13(9-10-18-11)14(16-2)15(17-3)12-7-5-4-6-8-12/h9-10,12,14-16H,4-8H2,1-3H3. The molecule has 2 unspecified atom stereocenters. The normalized spacial score (nSPS) is 20.8. The summed E-state index contributed by atoms with van der Waals surface area (Å²) in [5.74, 6) is 0.709. The highest BCUT2D eigenvalue weighted by molar-refractivity contribution is 7.10. The molecule has 0 spiro atoms. The van der Waals surface area contributed by atoms with Gasteiger partial charge >= 0.3 is 0 Å². The maximum absolute atomic E-state index is 5.86. The molecule has 0 saturated heterocycles. The first kappa shape index (κ1) is 14.0. The molecule has 0 radical (unpaired) electrons. The van der Waals surface area contributed by atoms with Gasteiger partial charge in [-0.05, 0) is 49.7 Å². The number of hydrogen-bond donors (Lipinski definition) is 1. The topological polar surface area (TPSA) is 21.3 Å². The van der Waals surface area contributed by atoms with Crippen molar-refractivity contribution in [3.05, 3.63) is 21.9 Å². The summed E-state index contributed by atoms with van der Waals surface area (Å²) in [6.07, 6.45) is 7.07. The summed E-state index contributed by atoms with van der Waals surface area (Å²) in [5, 5.41) is 5.66. The molecule has 1 aromatic rings. The van der Waals surface area contributed by atoms with Crippen molar-refractivity contribution in [2.45, 2.75) is 51.2 Å². The quantitative estimate of drug-likeness (QED) is 0.873. The van der Waals surface area contributed by atoms with Crippen LogP contribution in [0.3, 0.4) is 0 Å². The average molecular weight is 267 g/mol. The molecule has 18 heavy (non-hydrogen) atoms. The molecule has 2 nitrogen and oxygen atoms in total. The summed E-state index contributed by atoms with van der Waals surface area (Å²) in [4.78, 5) is 1.41. The minimum absolute atomic E-state index is 0.309. The van der Waals surface area contributed by atoms with Crippen molar-refractivity contribution < 1.29 is 4.74 Å². The highest BCUT2D eigenvalue weighted by atomic mass is 32.1. The van der Waals surface area contributed by atoms with Crippen molar-refractivity contribution in [1.29, 1.82) is 0 Å². The number of ether oxygens (including phenoxy) is 1. The van der Waals surface area contributed by atoms with Crippen LogP contribution >= 0.6 is 11.3 Å². The van der Waals surface area contributed by atoms with Crippen molar-refractivity contribution >= 4 is 11.3 Å². The Labute approximate surface area is 115 Å². The molecule has 1 fully saturated rings. The van der Waals surface area contributed by atoms with Gasteiger partial charge in [-0.25, -0.2) is 0 Å². The Morgan fingerprint density at radius 3 is 2.56 bits per heavy atom. The summed E-state index contributed by atoms with van der Waals surface area (Å²) >= 11 is 1.83. The third kappa shape index (κ3) is 2.95. The molecule has 1 aliphatic rings. The zero-order valence-electron chi connectivity index (χ0n) is 11.7. The van der Waals surface area contributed by atoms with Crippen molar-refractivity contribution in [3.63, 3.8) is 0 Å². The Balaban J connectivity index is 2.15. The monoisotopic (exact) mass is 267 g/mol. The van der Waals surface area contributed by atoms with Crippen LogP contribution < -0.4 is 5.32 Å². The van der Waals surface area contributed by atoms with Crippen LogP contribution in [0.4, 0.5) is 0 Å². The van der Waals surface area contributed by atoms with Crippen LogP contribution in [0.25, 0.3) is 0 Å². The highest BCUT2D eigenvalue weighted by Gasteiger charge is 2.31. The van der Waals surface area contributed by atoms with E-state index in [1.165, 1.54) is 42.5 Å². The van der Waals surface area contributed by atoms with Gasteiger partial charge in [-0.1, -0.05) is 19.3 Å². The van der Waals surface area contributed by atoms with E-state index in [-0.39, 0.29) is 0 Å². The first-order chi connectivity index (χ1) is 8.77. The lowest BCUT2D eigenvalue weighted by atomic mass is 9.81. The number of hydrogen-bond acceptors (Lipinski definition) is 3. The molecule has 0 amide bonds. The molecule has 2 atom stereocenters. The number of rotatable bonds is 5. The van der Waals surface area contributed by atoms with Gasteiger partial charge < -0.3 is 10.1 Å². The second-order valence-corrected chi connectivity index (χ2v) is 6.42. The van der Waals surface area contributed by atoms with Crippen molar-refractivity contribution in [1.82, 2.24) is 5.32 Å². The minimum atomic E-state index is 0.309. The smallest absolute Gasteiger partial charge is 0.0794 e. The number of thiophene rings is 1. The van der Waals surface area contributed by atoms with Crippen LogP contribution in [0, 0.1) is 12.8 Å². The van der Waals surface area contributed by atoms with E-state index in [1.807, 2.05) is 18.4 Å². The summed E-state index contributed by atoms with van der Waals surface area (Å²) in [6, 6.07) is 2.58. The van der Waals surface area contributed by atoms with E-state index in [4.69, 9.17) is 4.74 Å². The molecule has 1 heterocycles. The zero-order chi connectivity index (χ0) is 13.0. The lowest BCUT2D eigenvalue weighted by Crippen LogP contribution is -2.37. The summed E-state index contributed by atoms with van der Waals surface area (Å²) in [5.41, 5.74) is 1.42. The molecule has 1 N–H and O–H groups in total. The van der Waals surface area contributed by atoms with Crippen molar-refractivity contribution in [2.75, 3.05) is 14.2 Å². The molecule has 1 aromatic heterocycles. The number of nitrogens with one attached hydrogen (secondary N) is 1. The maximum atomic E-state index is 5.86. The molecule has 1 aliphatic carbocycles. The van der Waals surface area contributed by atoms with Gasteiger partial charge in [0.1, 0.15) is 0 Å². The van der Waals surface area contributed by atoms with Gasteiger partial charge in [0.15, 0.2) is 0 Å². The lowest BCUT2D eigenvalue weighted by Gasteiger charge is -2.35. The van der Waals surface area contributed by atoms with Crippen LogP contribution in [0.5, 0.6) is 0 Å². The number of methoxy groups -OCH3 is 1. The van der Waals surface area contributed by atoms with Gasteiger partial charge in [0.25, 0.3) is 0 Å². The van der Waals surface area contributed by atoms with Crippen LogP contribution in [-0.4, -0.2) is 20.3 Å². The molecule has 2 rings (SSSR count). The fourth-order valence-electron chi connectivity index (χ4n) is 3.28. The first-order valence-electron chi connectivity index (χ1n) is 7.02. The molecular weight excluding hydrogens is 242 g/mol. The Hall–Kier alpha value is -0.380. The Bertz CT molecular complexity index is 357. The second kappa shape index (κ2) is 6.69. The average Bonchev–Trinajstić information content (AvgIpc) is 2.83. The SMILES string of the molecule is CNC(c1ccsc1C)C(OC)C1CCCCC1. The number of likely N-dealkylation sites (N-methyl/N-ethyl adjacent to an activating group) is 1. The van der Waals surface area contributed by atoms with E-state index < -0.39 is 0 Å². The molecule has 102 valence electrons. The summed E-state index contributed by atoms with van der Waals surface area (Å²) in [6.45, 7) is 2.21. The molecular formula is C15H25NOS. The molecule has 3 heteroatoms. The van der Waals surface area contributed by atoms with Crippen LogP contribution in [0.2, 0.25) is 0 Å². The van der Waals surface area contributed by atoms with Gasteiger partial charge in [0.2, 0.25) is 0 Å². The predicted octanol–water partition coefficient (Wildman–Crippen LogP) is 3.91. The van der Waals surface area contributed by atoms with E-state index in [9.17, 15) is 0 Å². The second-order valence-electron chi connectivity index (χ2n) is 5.30. The zero-order valence-corrected chi connectivity index (χ0v) is 12.6. The van der Waals surface area contributed by atoms with E-state index in [0.717, 1.165) is 0 Å². The third-order valence-electron chi connectivity index (χ3n) is 4.26.